The van der Waals surface area contributed by atoms with Crippen LogP contribution in [0.5, 0.6) is 0 Å². The zero-order valence-electron chi connectivity index (χ0n) is 11.1. The first-order chi connectivity index (χ1) is 7.37. The lowest BCUT2D eigenvalue weighted by Crippen LogP contribution is -2.07. The van der Waals surface area contributed by atoms with Gasteiger partial charge in [-0.25, -0.2) is 0 Å². The Labute approximate surface area is 97.9 Å². The minimum absolute atomic E-state index is 0.147. The van der Waals surface area contributed by atoms with E-state index in [1.165, 1.54) is 27.8 Å². The van der Waals surface area contributed by atoms with Crippen LogP contribution in [0.25, 0.3) is 0 Å². The van der Waals surface area contributed by atoms with Gasteiger partial charge in [-0.2, -0.15) is 0 Å². The third kappa shape index (κ3) is 1.20. The SMILES string of the molecule is Cc1c(C)c(C)c2c(c1C)C(=O)[C@H](C)[C@@H]2C. The summed E-state index contributed by atoms with van der Waals surface area (Å²) in [6, 6.07) is 0. The molecule has 0 N–H and O–H groups in total. The molecule has 1 heteroatoms. The van der Waals surface area contributed by atoms with Crippen molar-refractivity contribution >= 4 is 5.78 Å². The number of hydrogen-bond acceptors (Lipinski definition) is 1. The van der Waals surface area contributed by atoms with Gasteiger partial charge in [-0.1, -0.05) is 13.8 Å². The molecule has 1 aromatic rings. The summed E-state index contributed by atoms with van der Waals surface area (Å²) >= 11 is 0. The number of fused-ring (bicyclic) bond motifs is 1. The topological polar surface area (TPSA) is 17.1 Å². The molecular formula is C15H20O. The van der Waals surface area contributed by atoms with Crippen molar-refractivity contribution in [2.45, 2.75) is 47.5 Å². The smallest absolute Gasteiger partial charge is 0.166 e. The van der Waals surface area contributed by atoms with Crippen molar-refractivity contribution in [1.82, 2.24) is 0 Å². The number of benzene rings is 1. The number of hydrogen-bond donors (Lipinski definition) is 0. The second kappa shape index (κ2) is 3.44. The zero-order chi connectivity index (χ0) is 12.2. The van der Waals surface area contributed by atoms with Crippen LogP contribution in [0, 0.1) is 33.6 Å². The fourth-order valence-electron chi connectivity index (χ4n) is 2.93. The standard InChI is InChI=1S/C15H20O/c1-7-8(2)10(4)14-13(9(7)3)11(5)12(6)15(14)16/h11-12H,1-6H3/t11-,12+/m0/s1. The molecule has 0 aromatic heterocycles. The van der Waals surface area contributed by atoms with Crippen LogP contribution in [0.3, 0.4) is 0 Å². The number of carbonyl (C=O) groups is 1. The maximum absolute atomic E-state index is 12.2. The summed E-state index contributed by atoms with van der Waals surface area (Å²) in [5.41, 5.74) is 7.47. The fraction of sp³-hybridized carbons (Fsp3) is 0.533. The van der Waals surface area contributed by atoms with Gasteiger partial charge in [0, 0.05) is 11.5 Å². The number of carbonyl (C=O) groups excluding carboxylic acids is 1. The quantitative estimate of drug-likeness (QED) is 0.643. The highest BCUT2D eigenvalue weighted by Crippen LogP contribution is 2.42. The van der Waals surface area contributed by atoms with Crippen LogP contribution < -0.4 is 0 Å². The van der Waals surface area contributed by atoms with Crippen molar-refractivity contribution in [2.75, 3.05) is 0 Å². The Morgan fingerprint density at radius 2 is 1.25 bits per heavy atom. The van der Waals surface area contributed by atoms with Crippen molar-refractivity contribution in [2.24, 2.45) is 5.92 Å². The average Bonchev–Trinajstić information content (AvgIpc) is 2.48. The lowest BCUT2D eigenvalue weighted by atomic mass is 9.87. The first-order valence-corrected chi connectivity index (χ1v) is 6.02. The van der Waals surface area contributed by atoms with Crippen LogP contribution in [-0.2, 0) is 0 Å². The average molecular weight is 216 g/mol. The van der Waals surface area contributed by atoms with Crippen LogP contribution in [0.15, 0.2) is 0 Å². The molecule has 1 nitrogen and oxygen atoms in total. The van der Waals surface area contributed by atoms with Crippen molar-refractivity contribution in [3.63, 3.8) is 0 Å². The van der Waals surface area contributed by atoms with Gasteiger partial charge in [0.25, 0.3) is 0 Å². The van der Waals surface area contributed by atoms with E-state index in [9.17, 15) is 4.79 Å². The van der Waals surface area contributed by atoms with Gasteiger partial charge in [-0.05, 0) is 61.4 Å². The Hall–Kier alpha value is -1.11. The van der Waals surface area contributed by atoms with Crippen LogP contribution >= 0.6 is 0 Å². The molecule has 86 valence electrons. The Bertz CT molecular complexity index is 483. The minimum atomic E-state index is 0.147. The van der Waals surface area contributed by atoms with E-state index in [1.54, 1.807) is 0 Å². The van der Waals surface area contributed by atoms with Crippen molar-refractivity contribution in [3.05, 3.63) is 33.4 Å². The van der Waals surface area contributed by atoms with Gasteiger partial charge in [-0.3, -0.25) is 4.79 Å². The second-order valence-electron chi connectivity index (χ2n) is 5.23. The van der Waals surface area contributed by atoms with E-state index < -0.39 is 0 Å². The monoisotopic (exact) mass is 216 g/mol. The molecule has 0 saturated carbocycles. The second-order valence-corrected chi connectivity index (χ2v) is 5.23. The predicted molar refractivity (Wildman–Crippen MR) is 67.3 cm³/mol. The van der Waals surface area contributed by atoms with Gasteiger partial charge in [-0.15, -0.1) is 0 Å². The molecule has 0 heterocycles. The summed E-state index contributed by atoms with van der Waals surface area (Å²) in [5, 5.41) is 0. The van der Waals surface area contributed by atoms with Gasteiger partial charge in [0.1, 0.15) is 0 Å². The third-order valence-electron chi connectivity index (χ3n) is 4.60. The van der Waals surface area contributed by atoms with Gasteiger partial charge < -0.3 is 0 Å². The number of ketones is 1. The molecule has 1 aliphatic rings. The summed E-state index contributed by atoms with van der Waals surface area (Å²) < 4.78 is 0. The Morgan fingerprint density at radius 3 is 1.81 bits per heavy atom. The highest BCUT2D eigenvalue weighted by molar-refractivity contribution is 6.05. The highest BCUT2D eigenvalue weighted by Gasteiger charge is 2.37. The molecule has 0 fully saturated rings. The van der Waals surface area contributed by atoms with Crippen LogP contribution in [0.1, 0.15) is 57.9 Å². The lowest BCUT2D eigenvalue weighted by molar-refractivity contribution is 0.0936. The van der Waals surface area contributed by atoms with E-state index in [4.69, 9.17) is 0 Å². The molecule has 2 rings (SSSR count). The van der Waals surface area contributed by atoms with E-state index in [1.807, 2.05) is 0 Å². The van der Waals surface area contributed by atoms with E-state index in [0.717, 1.165) is 5.56 Å². The molecule has 0 spiro atoms. The summed E-state index contributed by atoms with van der Waals surface area (Å²) in [4.78, 5) is 12.2. The Kier molecular flexibility index (Phi) is 2.45. The lowest BCUT2D eigenvalue weighted by Gasteiger charge is -2.17. The molecule has 16 heavy (non-hydrogen) atoms. The van der Waals surface area contributed by atoms with Crippen molar-refractivity contribution < 1.29 is 4.79 Å². The molecule has 0 radical (unpaired) electrons. The molecule has 1 aromatic carbocycles. The molecule has 0 unspecified atom stereocenters. The molecule has 0 amide bonds. The molecular weight excluding hydrogens is 196 g/mol. The van der Waals surface area contributed by atoms with Gasteiger partial charge in [0.05, 0.1) is 0 Å². The number of rotatable bonds is 0. The van der Waals surface area contributed by atoms with Gasteiger partial charge >= 0.3 is 0 Å². The molecule has 0 bridgehead atoms. The van der Waals surface area contributed by atoms with Crippen molar-refractivity contribution in [1.29, 1.82) is 0 Å². The third-order valence-corrected chi connectivity index (χ3v) is 4.60. The Morgan fingerprint density at radius 1 is 0.750 bits per heavy atom. The first-order valence-electron chi connectivity index (χ1n) is 6.02. The van der Waals surface area contributed by atoms with E-state index >= 15 is 0 Å². The van der Waals surface area contributed by atoms with Crippen LogP contribution in [0.4, 0.5) is 0 Å². The maximum Gasteiger partial charge on any atom is 0.166 e. The largest absolute Gasteiger partial charge is 0.294 e. The zero-order valence-corrected chi connectivity index (χ0v) is 11.1. The normalized spacial score (nSPS) is 23.8. The summed E-state index contributed by atoms with van der Waals surface area (Å²) in [7, 11) is 0. The Balaban J connectivity index is 2.86. The first kappa shape index (κ1) is 11.4. The summed E-state index contributed by atoms with van der Waals surface area (Å²) in [5.74, 6) is 0.861. The van der Waals surface area contributed by atoms with E-state index in [-0.39, 0.29) is 5.92 Å². The summed E-state index contributed by atoms with van der Waals surface area (Å²) in [6.07, 6.45) is 0. The molecule has 1 aliphatic carbocycles. The predicted octanol–water partition coefficient (Wildman–Crippen LogP) is 3.86. The van der Waals surface area contributed by atoms with Crippen molar-refractivity contribution in [3.8, 4) is 0 Å². The molecule has 0 saturated heterocycles. The summed E-state index contributed by atoms with van der Waals surface area (Å²) in [6.45, 7) is 12.8. The van der Waals surface area contributed by atoms with Crippen LogP contribution in [-0.4, -0.2) is 5.78 Å². The highest BCUT2D eigenvalue weighted by atomic mass is 16.1. The van der Waals surface area contributed by atoms with E-state index in [0.29, 0.717) is 11.7 Å². The fourth-order valence-corrected chi connectivity index (χ4v) is 2.93. The minimum Gasteiger partial charge on any atom is -0.294 e. The van der Waals surface area contributed by atoms with Gasteiger partial charge in [0.15, 0.2) is 5.78 Å². The van der Waals surface area contributed by atoms with E-state index in [2.05, 4.69) is 41.5 Å². The molecule has 2 atom stereocenters. The van der Waals surface area contributed by atoms with Crippen LogP contribution in [0.2, 0.25) is 0 Å². The number of Topliss-reactive ketones (excluding diaryl/α,β-unsaturated/α-hetero) is 1. The van der Waals surface area contributed by atoms with Gasteiger partial charge in [0.2, 0.25) is 0 Å². The molecule has 0 aliphatic heterocycles. The maximum atomic E-state index is 12.2.